The Hall–Kier alpha value is -0.650. The van der Waals surface area contributed by atoms with Crippen molar-refractivity contribution in [1.29, 1.82) is 0 Å². The molecule has 0 heterocycles. The summed E-state index contributed by atoms with van der Waals surface area (Å²) in [6.07, 6.45) is 8.06. The van der Waals surface area contributed by atoms with Crippen molar-refractivity contribution in [1.82, 2.24) is 0 Å². The van der Waals surface area contributed by atoms with Crippen LogP contribution in [0.2, 0.25) is 0 Å². The van der Waals surface area contributed by atoms with Crippen molar-refractivity contribution in [2.75, 3.05) is 13.3 Å². The topological polar surface area (TPSA) is 54.4 Å². The fourth-order valence-electron chi connectivity index (χ4n) is 7.73. The van der Waals surface area contributed by atoms with Crippen LogP contribution >= 0.6 is 47.6 Å². The van der Waals surface area contributed by atoms with E-state index in [4.69, 9.17) is 0 Å². The van der Waals surface area contributed by atoms with Crippen LogP contribution in [0.5, 0.6) is 0 Å². The summed E-state index contributed by atoms with van der Waals surface area (Å²) in [6, 6.07) is 8.39. The van der Waals surface area contributed by atoms with E-state index in [1.54, 1.807) is 0 Å². The predicted octanol–water partition coefficient (Wildman–Crippen LogP) is 6.48. The van der Waals surface area contributed by atoms with Gasteiger partial charge in [-0.3, -0.25) is 4.79 Å². The first-order chi connectivity index (χ1) is 15.5. The largest absolute Gasteiger partial charge is 0.385 e. The Balaban J connectivity index is 0.00000152. The zero-order valence-corrected chi connectivity index (χ0v) is 25.9. The van der Waals surface area contributed by atoms with E-state index in [0.29, 0.717) is 18.3 Å². The summed E-state index contributed by atoms with van der Waals surface area (Å²) in [7, 11) is -2.31. The average molecular weight is 567 g/mol. The van der Waals surface area contributed by atoms with Gasteiger partial charge in [-0.25, -0.2) is 0 Å². The van der Waals surface area contributed by atoms with Crippen molar-refractivity contribution in [2.24, 2.45) is 17.3 Å². The number of aliphatic hydroxyl groups is 1. The van der Waals surface area contributed by atoms with Gasteiger partial charge in [0.15, 0.2) is 5.78 Å². The second kappa shape index (κ2) is 10.8. The molecule has 0 bridgehead atoms. The normalized spacial score (nSPS) is 33.1. The second-order valence-corrected chi connectivity index (χ2v) is 14.8. The molecule has 2 saturated carbocycles. The molecule has 5 rings (SSSR count). The van der Waals surface area contributed by atoms with E-state index in [2.05, 4.69) is 25.6 Å². The summed E-state index contributed by atoms with van der Waals surface area (Å²) in [6.45, 7) is 12.1. The zero-order chi connectivity index (χ0) is 23.8. The van der Waals surface area contributed by atoms with Gasteiger partial charge in [-0.1, -0.05) is 43.3 Å². The Kier molecular flexibility index (Phi) is 9.51. The minimum Gasteiger partial charge on any atom is -0.385 e. The fraction of sp³-hybridized carbons (Fsp3) is 0.552. The number of carbonyl (C=O) groups is 1. The van der Waals surface area contributed by atoms with Gasteiger partial charge in [0.1, 0.15) is 7.14 Å². The van der Waals surface area contributed by atoms with Gasteiger partial charge in [0.2, 0.25) is 0 Å². The SMILES string of the molecule is C=C(C)[C@]1(O)CC[C@H]2[C@@H]3CCC4=CC(=O)CCC4=C3[C@@H](c3ccc(P(C)(C)=O)cc3)C[C@@]21C.S.S.S. The van der Waals surface area contributed by atoms with Gasteiger partial charge in [-0.2, -0.15) is 40.5 Å². The third kappa shape index (κ3) is 4.79. The second-order valence-electron chi connectivity index (χ2n) is 11.6. The van der Waals surface area contributed by atoms with Crippen molar-refractivity contribution < 1.29 is 14.5 Å². The molecule has 0 aliphatic heterocycles. The molecule has 0 radical (unpaired) electrons. The molecule has 5 atom stereocenters. The van der Waals surface area contributed by atoms with Gasteiger partial charge in [-0.15, -0.1) is 0 Å². The van der Waals surface area contributed by atoms with Gasteiger partial charge in [0, 0.05) is 23.1 Å². The molecule has 0 aromatic heterocycles. The summed E-state index contributed by atoms with van der Waals surface area (Å²) in [5.74, 6) is 1.33. The first-order valence-electron chi connectivity index (χ1n) is 12.5. The van der Waals surface area contributed by atoms with Crippen LogP contribution in [0.15, 0.2) is 59.2 Å². The number of benzene rings is 1. The Morgan fingerprint density at radius 3 is 2.28 bits per heavy atom. The standard InChI is InChI=1S/C29H37O3P.3H2S/c1-18(2)29(31)15-14-26-24-12-8-20-16-21(30)9-13-23(20)27(24)25(17-28(26,29)3)19-6-10-22(11-7-19)33(4,5)32;;;/h6-7,10-11,16,24-26,31H,1,8-9,12-15,17H2,2-5H3;3*1H2/t24-,25+,26-,28-,29+;;;/m0.../s1. The highest BCUT2D eigenvalue weighted by molar-refractivity contribution is 7.70. The predicted molar refractivity (Wildman–Crippen MR) is 167 cm³/mol. The number of fused-ring (bicyclic) bond motifs is 4. The zero-order valence-electron chi connectivity index (χ0n) is 22.0. The van der Waals surface area contributed by atoms with Crippen LogP contribution in [0, 0.1) is 17.3 Å². The van der Waals surface area contributed by atoms with Crippen molar-refractivity contribution in [2.45, 2.75) is 70.3 Å². The maximum absolute atomic E-state index is 12.6. The molecule has 0 spiro atoms. The highest BCUT2D eigenvalue weighted by atomic mass is 32.1. The third-order valence-electron chi connectivity index (χ3n) is 9.51. The maximum Gasteiger partial charge on any atom is 0.156 e. The quantitative estimate of drug-likeness (QED) is 0.337. The lowest BCUT2D eigenvalue weighted by atomic mass is 9.50. The average Bonchev–Trinajstić information content (AvgIpc) is 3.04. The lowest BCUT2D eigenvalue weighted by Gasteiger charge is -2.55. The van der Waals surface area contributed by atoms with E-state index in [-0.39, 0.29) is 57.6 Å². The summed E-state index contributed by atoms with van der Waals surface area (Å²) >= 11 is 0. The number of rotatable bonds is 3. The number of hydrogen-bond donors (Lipinski definition) is 1. The smallest absolute Gasteiger partial charge is 0.156 e. The molecule has 3 nitrogen and oxygen atoms in total. The molecule has 1 aromatic carbocycles. The van der Waals surface area contributed by atoms with Crippen LogP contribution in [0.4, 0.5) is 0 Å². The number of ketones is 1. The molecule has 0 amide bonds. The van der Waals surface area contributed by atoms with Gasteiger partial charge in [0.25, 0.3) is 0 Å². The van der Waals surface area contributed by atoms with Gasteiger partial charge >= 0.3 is 0 Å². The maximum atomic E-state index is 12.6. The molecule has 1 N–H and O–H groups in total. The van der Waals surface area contributed by atoms with Gasteiger partial charge in [-0.05, 0) is 99.0 Å². The molecule has 4 aliphatic rings. The van der Waals surface area contributed by atoms with Crippen LogP contribution < -0.4 is 5.30 Å². The van der Waals surface area contributed by atoms with Crippen molar-refractivity contribution in [3.05, 3.63) is 64.8 Å². The molecule has 0 unspecified atom stereocenters. The Morgan fingerprint density at radius 1 is 1.06 bits per heavy atom. The molecule has 2 fully saturated rings. The van der Waals surface area contributed by atoms with Crippen LogP contribution in [0.25, 0.3) is 0 Å². The molecule has 36 heavy (non-hydrogen) atoms. The molecule has 0 saturated heterocycles. The summed E-state index contributed by atoms with van der Waals surface area (Å²) in [5.41, 5.74) is 5.26. The van der Waals surface area contributed by atoms with Gasteiger partial charge < -0.3 is 9.67 Å². The summed E-state index contributed by atoms with van der Waals surface area (Å²) in [5, 5.41) is 12.8. The first-order valence-corrected chi connectivity index (χ1v) is 15.1. The number of carbonyl (C=O) groups excluding carboxylic acids is 1. The summed E-state index contributed by atoms with van der Waals surface area (Å²) in [4.78, 5) is 12.2. The number of allylic oxidation sites excluding steroid dienone is 4. The molecule has 200 valence electrons. The minimum atomic E-state index is -2.31. The van der Waals surface area contributed by atoms with Crippen LogP contribution in [0.3, 0.4) is 0 Å². The van der Waals surface area contributed by atoms with Crippen LogP contribution in [-0.2, 0) is 9.36 Å². The molecule has 7 heteroatoms. The third-order valence-corrected chi connectivity index (χ3v) is 11.1. The highest BCUT2D eigenvalue weighted by Crippen LogP contribution is 2.67. The van der Waals surface area contributed by atoms with Gasteiger partial charge in [0.05, 0.1) is 5.60 Å². The Labute approximate surface area is 238 Å². The molecule has 4 aliphatic carbocycles. The molecule has 1 aromatic rings. The number of hydrogen-bond acceptors (Lipinski definition) is 3. The van der Waals surface area contributed by atoms with E-state index in [0.717, 1.165) is 49.4 Å². The Bertz CT molecular complexity index is 1150. The van der Waals surface area contributed by atoms with E-state index in [1.165, 1.54) is 22.3 Å². The van der Waals surface area contributed by atoms with Crippen molar-refractivity contribution >= 4 is 58.7 Å². The van der Waals surface area contributed by atoms with Crippen LogP contribution in [-0.4, -0.2) is 29.8 Å². The minimum absolute atomic E-state index is 0. The highest BCUT2D eigenvalue weighted by Gasteiger charge is 2.63. The lowest BCUT2D eigenvalue weighted by Crippen LogP contribution is -2.52. The van der Waals surface area contributed by atoms with Crippen molar-refractivity contribution in [3.63, 3.8) is 0 Å². The summed E-state index contributed by atoms with van der Waals surface area (Å²) < 4.78 is 12.6. The fourth-order valence-corrected chi connectivity index (χ4v) is 8.60. The molecular weight excluding hydrogens is 523 g/mol. The van der Waals surface area contributed by atoms with Crippen LogP contribution in [0.1, 0.15) is 70.3 Å². The molecular formula is C29H43O3PS3. The van der Waals surface area contributed by atoms with E-state index >= 15 is 0 Å². The van der Waals surface area contributed by atoms with E-state index in [1.807, 2.05) is 38.5 Å². The van der Waals surface area contributed by atoms with Crippen molar-refractivity contribution in [3.8, 4) is 0 Å². The monoisotopic (exact) mass is 566 g/mol. The Morgan fingerprint density at radius 2 is 1.69 bits per heavy atom. The van der Waals surface area contributed by atoms with E-state index < -0.39 is 12.7 Å². The van der Waals surface area contributed by atoms with E-state index in [9.17, 15) is 14.5 Å². The first kappa shape index (κ1) is 31.6. The lowest BCUT2D eigenvalue weighted by molar-refractivity contribution is -0.114.